The van der Waals surface area contributed by atoms with Crippen LogP contribution in [0.1, 0.15) is 6.92 Å². The van der Waals surface area contributed by atoms with Gasteiger partial charge in [-0.15, -0.1) is 11.8 Å². The summed E-state index contributed by atoms with van der Waals surface area (Å²) >= 11 is 1.50. The summed E-state index contributed by atoms with van der Waals surface area (Å²) in [7, 11) is 0. The van der Waals surface area contributed by atoms with Gasteiger partial charge in [0, 0.05) is 5.75 Å². The van der Waals surface area contributed by atoms with Crippen molar-refractivity contribution in [3.63, 3.8) is 0 Å². The maximum atomic E-state index is 9.09. The SMILES string of the molecule is CC=CSC[C@H](N)C1(O)OO1. The van der Waals surface area contributed by atoms with Gasteiger partial charge in [-0.05, 0) is 12.3 Å². The predicted octanol–water partition coefficient (Wildman–Crippen LogP) is 0.188. The van der Waals surface area contributed by atoms with Crippen molar-refractivity contribution in [2.75, 3.05) is 5.75 Å². The zero-order chi connectivity index (χ0) is 8.32. The quantitative estimate of drug-likeness (QED) is 0.473. The van der Waals surface area contributed by atoms with Crippen molar-refractivity contribution in [1.82, 2.24) is 0 Å². The monoisotopic (exact) mass is 177 g/mol. The maximum absolute atomic E-state index is 9.09. The molecule has 4 nitrogen and oxygen atoms in total. The molecule has 1 aliphatic heterocycles. The van der Waals surface area contributed by atoms with E-state index >= 15 is 0 Å². The van der Waals surface area contributed by atoms with Gasteiger partial charge in [-0.1, -0.05) is 6.08 Å². The van der Waals surface area contributed by atoms with E-state index in [1.165, 1.54) is 11.8 Å². The van der Waals surface area contributed by atoms with Crippen LogP contribution in [0.15, 0.2) is 11.5 Å². The van der Waals surface area contributed by atoms with Gasteiger partial charge in [-0.3, -0.25) is 0 Å². The summed E-state index contributed by atoms with van der Waals surface area (Å²) in [6.45, 7) is 1.91. The highest BCUT2D eigenvalue weighted by Crippen LogP contribution is 2.30. The first-order valence-electron chi connectivity index (χ1n) is 3.26. The summed E-state index contributed by atoms with van der Waals surface area (Å²) in [6, 6.07) is -0.497. The van der Waals surface area contributed by atoms with Gasteiger partial charge in [0.1, 0.15) is 6.04 Å². The molecule has 0 aromatic heterocycles. The lowest BCUT2D eigenvalue weighted by molar-refractivity contribution is 0.0112. The number of thioether (sulfide) groups is 1. The zero-order valence-corrected chi connectivity index (χ0v) is 7.00. The van der Waals surface area contributed by atoms with Crippen LogP contribution in [0.25, 0.3) is 0 Å². The first kappa shape index (κ1) is 9.02. The van der Waals surface area contributed by atoms with Crippen LogP contribution < -0.4 is 5.73 Å². The second kappa shape index (κ2) is 3.55. The summed E-state index contributed by atoms with van der Waals surface area (Å²) in [5, 5.41) is 11.0. The third-order valence-corrected chi connectivity index (χ3v) is 2.25. The lowest BCUT2D eigenvalue weighted by Crippen LogP contribution is -2.39. The van der Waals surface area contributed by atoms with Crippen molar-refractivity contribution in [3.05, 3.63) is 11.5 Å². The minimum absolute atomic E-state index is 0.497. The molecule has 64 valence electrons. The molecule has 0 radical (unpaired) electrons. The van der Waals surface area contributed by atoms with E-state index in [1.807, 2.05) is 18.4 Å². The number of hydrogen-bond acceptors (Lipinski definition) is 5. The van der Waals surface area contributed by atoms with Crippen molar-refractivity contribution in [2.24, 2.45) is 5.73 Å². The average molecular weight is 177 g/mol. The van der Waals surface area contributed by atoms with Crippen LogP contribution in [0.5, 0.6) is 0 Å². The highest BCUT2D eigenvalue weighted by Gasteiger charge is 2.53. The van der Waals surface area contributed by atoms with Gasteiger partial charge in [-0.2, -0.15) is 9.78 Å². The van der Waals surface area contributed by atoms with Crippen molar-refractivity contribution in [2.45, 2.75) is 18.9 Å². The molecular formula is C6H11NO3S. The summed E-state index contributed by atoms with van der Waals surface area (Å²) in [5.41, 5.74) is 5.50. The van der Waals surface area contributed by atoms with Gasteiger partial charge in [0.2, 0.25) is 0 Å². The van der Waals surface area contributed by atoms with Gasteiger partial charge >= 0.3 is 5.97 Å². The van der Waals surface area contributed by atoms with Crippen LogP contribution in [0, 0.1) is 0 Å². The van der Waals surface area contributed by atoms with Crippen molar-refractivity contribution < 1.29 is 14.9 Å². The summed E-state index contributed by atoms with van der Waals surface area (Å²) in [4.78, 5) is 8.56. The lowest BCUT2D eigenvalue weighted by atomic mass is 10.3. The molecule has 0 aromatic carbocycles. The fourth-order valence-electron chi connectivity index (χ4n) is 0.527. The van der Waals surface area contributed by atoms with Gasteiger partial charge in [0.25, 0.3) is 0 Å². The molecule has 0 unspecified atom stereocenters. The minimum Gasteiger partial charge on any atom is -0.338 e. The van der Waals surface area contributed by atoms with Gasteiger partial charge in [0.05, 0.1) is 0 Å². The fourth-order valence-corrected chi connectivity index (χ4v) is 1.25. The normalized spacial score (nSPS) is 23.9. The van der Waals surface area contributed by atoms with Gasteiger partial charge in [-0.25, -0.2) is 0 Å². The minimum atomic E-state index is -1.52. The Bertz CT molecular complexity index is 158. The molecule has 1 atom stereocenters. The zero-order valence-electron chi connectivity index (χ0n) is 6.19. The van der Waals surface area contributed by atoms with E-state index in [2.05, 4.69) is 9.78 Å². The molecule has 1 saturated heterocycles. The van der Waals surface area contributed by atoms with Crippen LogP contribution in [-0.2, 0) is 9.78 Å². The largest absolute Gasteiger partial charge is 0.353 e. The molecular weight excluding hydrogens is 166 g/mol. The predicted molar refractivity (Wildman–Crippen MR) is 42.4 cm³/mol. The van der Waals surface area contributed by atoms with Gasteiger partial charge < -0.3 is 10.8 Å². The second-order valence-electron chi connectivity index (χ2n) is 2.21. The molecule has 11 heavy (non-hydrogen) atoms. The number of allylic oxidation sites excluding steroid dienone is 1. The fraction of sp³-hybridized carbons (Fsp3) is 0.667. The standard InChI is InChI=1S/C6H11NO3S/c1-2-3-11-4-5(7)6(8)9-10-6/h2-3,5,8H,4,7H2,1H3/t5-/m0/s1. The number of rotatable bonds is 4. The van der Waals surface area contributed by atoms with Crippen LogP contribution >= 0.6 is 11.8 Å². The Hall–Kier alpha value is -0.0700. The van der Waals surface area contributed by atoms with E-state index in [0.717, 1.165) is 0 Å². The molecule has 5 heteroatoms. The second-order valence-corrected chi connectivity index (χ2v) is 3.15. The molecule has 1 aliphatic rings. The van der Waals surface area contributed by atoms with Crippen LogP contribution in [0.2, 0.25) is 0 Å². The summed E-state index contributed by atoms with van der Waals surface area (Å²) in [5.74, 6) is -0.949. The molecule has 0 amide bonds. The molecule has 0 aromatic rings. The maximum Gasteiger partial charge on any atom is 0.353 e. The number of nitrogens with two attached hydrogens (primary N) is 1. The van der Waals surface area contributed by atoms with Gasteiger partial charge in [0.15, 0.2) is 0 Å². The van der Waals surface area contributed by atoms with E-state index in [0.29, 0.717) is 5.75 Å². The molecule has 0 bridgehead atoms. The van der Waals surface area contributed by atoms with E-state index in [1.54, 1.807) is 0 Å². The molecule has 1 rings (SSSR count). The topological polar surface area (TPSA) is 71.3 Å². The molecule has 1 fully saturated rings. The lowest BCUT2D eigenvalue weighted by Gasteiger charge is -2.07. The molecule has 0 aliphatic carbocycles. The molecule has 3 N–H and O–H groups in total. The highest BCUT2D eigenvalue weighted by molar-refractivity contribution is 8.02. The highest BCUT2D eigenvalue weighted by atomic mass is 32.2. The van der Waals surface area contributed by atoms with E-state index in [-0.39, 0.29) is 0 Å². The van der Waals surface area contributed by atoms with E-state index in [9.17, 15) is 0 Å². The third kappa shape index (κ3) is 2.46. The Balaban J connectivity index is 2.16. The van der Waals surface area contributed by atoms with Crippen LogP contribution in [0.4, 0.5) is 0 Å². The molecule has 0 saturated carbocycles. The Morgan fingerprint density at radius 3 is 2.82 bits per heavy atom. The number of hydrogen-bond donors (Lipinski definition) is 2. The average Bonchev–Trinajstić information content (AvgIpc) is 2.70. The molecule has 0 spiro atoms. The van der Waals surface area contributed by atoms with E-state index < -0.39 is 12.0 Å². The smallest absolute Gasteiger partial charge is 0.338 e. The first-order valence-corrected chi connectivity index (χ1v) is 4.31. The Morgan fingerprint density at radius 1 is 1.73 bits per heavy atom. The Morgan fingerprint density at radius 2 is 2.36 bits per heavy atom. The summed E-state index contributed by atoms with van der Waals surface area (Å²) in [6.07, 6.45) is 1.90. The van der Waals surface area contributed by atoms with Crippen molar-refractivity contribution in [1.29, 1.82) is 0 Å². The Labute approximate surface area is 69.3 Å². The van der Waals surface area contributed by atoms with Crippen molar-refractivity contribution in [3.8, 4) is 0 Å². The molecule has 1 heterocycles. The number of aliphatic hydroxyl groups is 1. The van der Waals surface area contributed by atoms with Crippen molar-refractivity contribution >= 4 is 11.8 Å². The summed E-state index contributed by atoms with van der Waals surface area (Å²) < 4.78 is 0. The van der Waals surface area contributed by atoms with Crippen LogP contribution in [-0.4, -0.2) is 22.9 Å². The van der Waals surface area contributed by atoms with Crippen LogP contribution in [0.3, 0.4) is 0 Å². The van der Waals surface area contributed by atoms with E-state index in [4.69, 9.17) is 10.8 Å². The first-order chi connectivity index (χ1) is 5.19. The third-order valence-electron chi connectivity index (χ3n) is 1.23. The Kier molecular flexibility index (Phi) is 2.91.